The number of halogens is 2. The lowest BCUT2D eigenvalue weighted by atomic mass is 9.99. The third-order valence-corrected chi connectivity index (χ3v) is 1.70. The van der Waals surface area contributed by atoms with Crippen molar-refractivity contribution in [1.29, 1.82) is 0 Å². The molecule has 1 saturated heterocycles. The van der Waals surface area contributed by atoms with E-state index in [-0.39, 0.29) is 36.6 Å². The zero-order valence-corrected chi connectivity index (χ0v) is 7.84. The second-order valence-corrected chi connectivity index (χ2v) is 2.45. The van der Waals surface area contributed by atoms with Gasteiger partial charge in [0.2, 0.25) is 5.91 Å². The highest BCUT2D eigenvalue weighted by Gasteiger charge is 2.17. The topological polar surface area (TPSA) is 55.1 Å². The first-order chi connectivity index (χ1) is 4.30. The summed E-state index contributed by atoms with van der Waals surface area (Å²) in [6.45, 7) is 1.80. The second-order valence-electron chi connectivity index (χ2n) is 2.45. The Labute approximate surface area is 78.9 Å². The summed E-state index contributed by atoms with van der Waals surface area (Å²) in [6, 6.07) is 0. The van der Waals surface area contributed by atoms with Gasteiger partial charge in [0.1, 0.15) is 0 Å². The van der Waals surface area contributed by atoms with Gasteiger partial charge in [-0.1, -0.05) is 0 Å². The third-order valence-electron chi connectivity index (χ3n) is 1.70. The van der Waals surface area contributed by atoms with Crippen LogP contribution in [0, 0.1) is 5.92 Å². The molecular weight excluding hydrogens is 187 g/mol. The maximum Gasteiger partial charge on any atom is 0.221 e. The quantitative estimate of drug-likeness (QED) is 0.641. The van der Waals surface area contributed by atoms with Crippen LogP contribution >= 0.6 is 24.8 Å². The molecule has 0 aromatic carbocycles. The van der Waals surface area contributed by atoms with E-state index < -0.39 is 0 Å². The molecule has 0 aromatic rings. The number of carbonyl (C=O) groups is 1. The van der Waals surface area contributed by atoms with E-state index in [0.29, 0.717) is 0 Å². The summed E-state index contributed by atoms with van der Waals surface area (Å²) >= 11 is 0. The van der Waals surface area contributed by atoms with Gasteiger partial charge in [-0.15, -0.1) is 24.8 Å². The minimum absolute atomic E-state index is 0. The first-order valence-electron chi connectivity index (χ1n) is 3.31. The standard InChI is InChI=1S/C6H12N2O.2ClH/c7-6(9)5-2-1-3-8-4-5;;/h5,8H,1-4H2,(H2,7,9);2*1H. The summed E-state index contributed by atoms with van der Waals surface area (Å²) in [5, 5.41) is 3.12. The van der Waals surface area contributed by atoms with Gasteiger partial charge in [-0.05, 0) is 19.4 Å². The van der Waals surface area contributed by atoms with E-state index in [4.69, 9.17) is 5.73 Å². The molecule has 3 nitrogen and oxygen atoms in total. The van der Waals surface area contributed by atoms with Crippen molar-refractivity contribution < 1.29 is 4.79 Å². The number of carbonyl (C=O) groups excluding carboxylic acids is 1. The first kappa shape index (κ1) is 13.6. The molecule has 1 rings (SSSR count). The van der Waals surface area contributed by atoms with Gasteiger partial charge >= 0.3 is 0 Å². The van der Waals surface area contributed by atoms with E-state index in [1.807, 2.05) is 0 Å². The van der Waals surface area contributed by atoms with Crippen molar-refractivity contribution in [2.24, 2.45) is 11.7 Å². The normalized spacial score (nSPS) is 22.7. The van der Waals surface area contributed by atoms with Gasteiger partial charge in [-0.3, -0.25) is 4.79 Å². The van der Waals surface area contributed by atoms with Crippen molar-refractivity contribution >= 4 is 30.7 Å². The van der Waals surface area contributed by atoms with E-state index in [1.165, 1.54) is 0 Å². The lowest BCUT2D eigenvalue weighted by Gasteiger charge is -2.18. The van der Waals surface area contributed by atoms with E-state index in [0.717, 1.165) is 25.9 Å². The smallest absolute Gasteiger partial charge is 0.221 e. The van der Waals surface area contributed by atoms with Gasteiger partial charge in [-0.2, -0.15) is 0 Å². The Hall–Kier alpha value is 0.01000. The minimum Gasteiger partial charge on any atom is -0.369 e. The molecule has 1 aliphatic rings. The largest absolute Gasteiger partial charge is 0.369 e. The van der Waals surface area contributed by atoms with Crippen LogP contribution in [0.2, 0.25) is 0 Å². The minimum atomic E-state index is -0.165. The summed E-state index contributed by atoms with van der Waals surface area (Å²) in [7, 11) is 0. The summed E-state index contributed by atoms with van der Waals surface area (Å²) in [6.07, 6.45) is 2.04. The summed E-state index contributed by atoms with van der Waals surface area (Å²) in [5.74, 6) is -0.0825. The highest BCUT2D eigenvalue weighted by molar-refractivity contribution is 5.85. The van der Waals surface area contributed by atoms with Gasteiger partial charge in [0.15, 0.2) is 0 Å². The Kier molecular flexibility index (Phi) is 8.28. The van der Waals surface area contributed by atoms with Crippen molar-refractivity contribution in [3.8, 4) is 0 Å². The van der Waals surface area contributed by atoms with Crippen molar-refractivity contribution in [3.05, 3.63) is 0 Å². The number of hydrogen-bond acceptors (Lipinski definition) is 2. The number of primary amides is 1. The number of rotatable bonds is 1. The molecular formula is C6H14Cl2N2O. The highest BCUT2D eigenvalue weighted by Crippen LogP contribution is 2.07. The Bertz CT molecular complexity index is 115. The molecule has 1 fully saturated rings. The molecule has 0 radical (unpaired) electrons. The number of amides is 1. The third kappa shape index (κ3) is 4.45. The molecule has 1 aliphatic heterocycles. The summed E-state index contributed by atoms with van der Waals surface area (Å²) in [5.41, 5.74) is 5.09. The average Bonchev–Trinajstić information content (AvgIpc) is 1.90. The molecule has 1 amide bonds. The van der Waals surface area contributed by atoms with Crippen LogP contribution in [0.3, 0.4) is 0 Å². The van der Waals surface area contributed by atoms with E-state index in [9.17, 15) is 4.79 Å². The molecule has 3 N–H and O–H groups in total. The Morgan fingerprint density at radius 2 is 2.09 bits per heavy atom. The monoisotopic (exact) mass is 200 g/mol. The van der Waals surface area contributed by atoms with Crippen molar-refractivity contribution in [2.75, 3.05) is 13.1 Å². The fourth-order valence-electron chi connectivity index (χ4n) is 1.09. The summed E-state index contributed by atoms with van der Waals surface area (Å²) in [4.78, 5) is 10.5. The molecule has 5 heteroatoms. The van der Waals surface area contributed by atoms with Gasteiger partial charge in [0.05, 0.1) is 5.92 Å². The van der Waals surface area contributed by atoms with Crippen LogP contribution in [-0.4, -0.2) is 19.0 Å². The van der Waals surface area contributed by atoms with E-state index >= 15 is 0 Å². The molecule has 11 heavy (non-hydrogen) atoms. The molecule has 1 heterocycles. The summed E-state index contributed by atoms with van der Waals surface area (Å²) < 4.78 is 0. The van der Waals surface area contributed by atoms with Gasteiger partial charge in [0, 0.05) is 6.54 Å². The van der Waals surface area contributed by atoms with E-state index in [1.54, 1.807) is 0 Å². The molecule has 0 spiro atoms. The lowest BCUT2D eigenvalue weighted by Crippen LogP contribution is -2.37. The van der Waals surface area contributed by atoms with Crippen LogP contribution < -0.4 is 11.1 Å². The van der Waals surface area contributed by atoms with Crippen molar-refractivity contribution in [2.45, 2.75) is 12.8 Å². The Morgan fingerprint density at radius 1 is 1.45 bits per heavy atom. The Balaban J connectivity index is 0. The number of nitrogens with one attached hydrogen (secondary N) is 1. The predicted octanol–water partition coefficient (Wildman–Crippen LogP) is 0.315. The van der Waals surface area contributed by atoms with Gasteiger partial charge < -0.3 is 11.1 Å². The van der Waals surface area contributed by atoms with Crippen molar-refractivity contribution in [3.63, 3.8) is 0 Å². The molecule has 1 atom stereocenters. The molecule has 68 valence electrons. The van der Waals surface area contributed by atoms with Crippen molar-refractivity contribution in [1.82, 2.24) is 5.32 Å². The number of hydrogen-bond donors (Lipinski definition) is 2. The molecule has 0 bridgehead atoms. The van der Waals surface area contributed by atoms with Gasteiger partial charge in [0.25, 0.3) is 0 Å². The molecule has 0 aliphatic carbocycles. The van der Waals surface area contributed by atoms with Crippen LogP contribution in [-0.2, 0) is 4.79 Å². The average molecular weight is 201 g/mol. The fraction of sp³-hybridized carbons (Fsp3) is 0.833. The fourth-order valence-corrected chi connectivity index (χ4v) is 1.09. The van der Waals surface area contributed by atoms with Gasteiger partial charge in [-0.25, -0.2) is 0 Å². The van der Waals surface area contributed by atoms with Crippen LogP contribution in [0.5, 0.6) is 0 Å². The van der Waals surface area contributed by atoms with E-state index in [2.05, 4.69) is 5.32 Å². The predicted molar refractivity (Wildman–Crippen MR) is 49.3 cm³/mol. The zero-order chi connectivity index (χ0) is 6.69. The van der Waals surface area contributed by atoms with Crippen LogP contribution in [0.15, 0.2) is 0 Å². The van der Waals surface area contributed by atoms with Crippen LogP contribution in [0.4, 0.5) is 0 Å². The first-order valence-corrected chi connectivity index (χ1v) is 3.31. The molecule has 1 unspecified atom stereocenters. The second kappa shape index (κ2) is 6.70. The number of nitrogens with two attached hydrogens (primary N) is 1. The maximum absolute atomic E-state index is 10.5. The zero-order valence-electron chi connectivity index (χ0n) is 6.21. The molecule has 0 saturated carbocycles. The SMILES string of the molecule is Cl.Cl.NC(=O)C1CCCNC1. The molecule has 0 aromatic heterocycles. The van der Waals surface area contributed by atoms with Crippen LogP contribution in [0.25, 0.3) is 0 Å². The van der Waals surface area contributed by atoms with Crippen LogP contribution in [0.1, 0.15) is 12.8 Å². The lowest BCUT2D eigenvalue weighted by molar-refractivity contribution is -0.122. The highest BCUT2D eigenvalue weighted by atomic mass is 35.5. The Morgan fingerprint density at radius 3 is 2.36 bits per heavy atom. The number of piperidine rings is 1. The maximum atomic E-state index is 10.5.